The summed E-state index contributed by atoms with van der Waals surface area (Å²) in [7, 11) is -2.17. The Morgan fingerprint density at radius 2 is 1.56 bits per heavy atom. The highest BCUT2D eigenvalue weighted by molar-refractivity contribution is 7.89. The van der Waals surface area contributed by atoms with E-state index in [-0.39, 0.29) is 56.2 Å². The summed E-state index contributed by atoms with van der Waals surface area (Å²) in [5.41, 5.74) is -2.56. The summed E-state index contributed by atoms with van der Waals surface area (Å²) in [4.78, 5) is 23.6. The maximum Gasteiger partial charge on any atom is 0.416 e. The van der Waals surface area contributed by atoms with E-state index in [4.69, 9.17) is 24.1 Å². The molecule has 1 aliphatic rings. The number of piperidine rings is 1. The minimum atomic E-state index is -5.30. The molecule has 10 nitrogen and oxygen atoms in total. The number of carboxylic acid groups (broad SMARTS) is 1. The normalized spacial score (nSPS) is 16.4. The minimum Gasteiger partial charge on any atom is -0.493 e. The van der Waals surface area contributed by atoms with E-state index in [9.17, 15) is 44.3 Å². The summed E-state index contributed by atoms with van der Waals surface area (Å²) in [5.74, 6) is -1.30. The summed E-state index contributed by atoms with van der Waals surface area (Å²) in [6.07, 6.45) is -10.9. The second-order valence-corrected chi connectivity index (χ2v) is 13.2. The number of nitrogens with zero attached hydrogens (tertiary/aromatic N) is 1. The fraction of sp³-hybridized carbons (Fsp3) is 0.394. The molecule has 0 aromatic heterocycles. The Balaban J connectivity index is 1.68. The van der Waals surface area contributed by atoms with Crippen LogP contribution in [0.4, 0.5) is 26.3 Å². The Hall–Kier alpha value is -4.51. The number of aliphatic carboxylic acids is 1. The van der Waals surface area contributed by atoms with Crippen LogP contribution in [-0.2, 0) is 43.1 Å². The van der Waals surface area contributed by atoms with Crippen molar-refractivity contribution in [1.29, 1.82) is 0 Å². The predicted octanol–water partition coefficient (Wildman–Crippen LogP) is 6.67. The molecule has 0 spiro atoms. The smallest absolute Gasteiger partial charge is 0.416 e. The lowest BCUT2D eigenvalue weighted by molar-refractivity contribution is -0.155. The molecule has 17 heteroatoms. The van der Waals surface area contributed by atoms with Crippen LogP contribution in [-0.4, -0.2) is 63.2 Å². The number of alkyl halides is 6. The molecule has 50 heavy (non-hydrogen) atoms. The lowest BCUT2D eigenvalue weighted by Gasteiger charge is -2.34. The number of rotatable bonds is 13. The molecular weight excluding hydrogens is 700 g/mol. The highest BCUT2D eigenvalue weighted by Crippen LogP contribution is 2.39. The molecule has 3 aromatic rings. The molecule has 0 saturated carbocycles. The summed E-state index contributed by atoms with van der Waals surface area (Å²) in [6, 6.07) is 9.56. The first-order valence-electron chi connectivity index (χ1n) is 15.1. The van der Waals surface area contributed by atoms with Gasteiger partial charge in [-0.2, -0.15) is 30.6 Å². The number of carbonyl (C=O) groups excluding carboxylic acids is 1. The van der Waals surface area contributed by atoms with Crippen LogP contribution >= 0.6 is 0 Å². The second-order valence-electron chi connectivity index (χ2n) is 11.3. The van der Waals surface area contributed by atoms with Crippen LogP contribution in [0.1, 0.15) is 54.0 Å². The number of methoxy groups -OCH3 is 2. The molecule has 1 heterocycles. The Morgan fingerprint density at radius 3 is 2.16 bits per heavy atom. The third-order valence-corrected chi connectivity index (χ3v) is 9.77. The van der Waals surface area contributed by atoms with Gasteiger partial charge in [-0.05, 0) is 85.7 Å². The maximum absolute atomic E-state index is 13.8. The zero-order valence-electron chi connectivity index (χ0n) is 26.7. The number of hydrogen-bond acceptors (Lipinski definition) is 8. The number of sulfonamides is 1. The standard InChI is InChI=1S/C33H33F6NO9S/c1-46-28-12-10-20(14-29(28)47-2)9-11-27(21-6-5-7-24(15-21)48-19-30(41)42)49-31(43)26-8-3-4-13-40(26)50(44,45)25-17-22(32(34,35)36)16-23(18-25)33(37,38)39/h5-7,10,12,14-18,26-27H,3-4,8-9,11,13,19H2,1-2H3,(H,41,42)/t26-,27+/m0/s1. The highest BCUT2D eigenvalue weighted by atomic mass is 32.2. The summed E-state index contributed by atoms with van der Waals surface area (Å²) < 4.78 is 131. The summed E-state index contributed by atoms with van der Waals surface area (Å²) >= 11 is 0. The van der Waals surface area contributed by atoms with Crippen molar-refractivity contribution in [2.24, 2.45) is 0 Å². The molecule has 272 valence electrons. The Bertz CT molecular complexity index is 1760. The number of benzene rings is 3. The zero-order chi connectivity index (χ0) is 36.9. The van der Waals surface area contributed by atoms with Crippen LogP contribution in [0.5, 0.6) is 17.2 Å². The molecule has 0 radical (unpaired) electrons. The minimum absolute atomic E-state index is 0.103. The number of carbonyl (C=O) groups is 2. The van der Waals surface area contributed by atoms with Gasteiger partial charge in [-0.25, -0.2) is 13.2 Å². The first-order valence-corrected chi connectivity index (χ1v) is 16.6. The fourth-order valence-electron chi connectivity index (χ4n) is 5.43. The van der Waals surface area contributed by atoms with Gasteiger partial charge in [0, 0.05) is 6.54 Å². The lowest BCUT2D eigenvalue weighted by atomic mass is 10.00. The van der Waals surface area contributed by atoms with Gasteiger partial charge in [0.1, 0.15) is 17.9 Å². The Labute approximate surface area is 283 Å². The predicted molar refractivity (Wildman–Crippen MR) is 164 cm³/mol. The van der Waals surface area contributed by atoms with Crippen molar-refractivity contribution in [3.8, 4) is 17.2 Å². The van der Waals surface area contributed by atoms with Gasteiger partial charge >= 0.3 is 24.3 Å². The monoisotopic (exact) mass is 733 g/mol. The van der Waals surface area contributed by atoms with Crippen molar-refractivity contribution in [3.05, 3.63) is 82.9 Å². The molecule has 1 aliphatic heterocycles. The molecular formula is C33H33F6NO9S. The van der Waals surface area contributed by atoms with Crippen molar-refractivity contribution in [2.45, 2.75) is 61.5 Å². The van der Waals surface area contributed by atoms with Crippen molar-refractivity contribution in [1.82, 2.24) is 4.31 Å². The van der Waals surface area contributed by atoms with Gasteiger partial charge in [-0.3, -0.25) is 4.79 Å². The Kier molecular flexibility index (Phi) is 11.9. The van der Waals surface area contributed by atoms with Gasteiger partial charge in [0.25, 0.3) is 0 Å². The molecule has 3 aromatic carbocycles. The average Bonchev–Trinajstić information content (AvgIpc) is 3.08. The zero-order valence-corrected chi connectivity index (χ0v) is 27.5. The van der Waals surface area contributed by atoms with Gasteiger partial charge in [-0.1, -0.05) is 18.2 Å². The molecule has 0 amide bonds. The number of ether oxygens (including phenoxy) is 4. The van der Waals surface area contributed by atoms with Crippen molar-refractivity contribution < 1.29 is 68.4 Å². The largest absolute Gasteiger partial charge is 0.493 e. The molecule has 0 aliphatic carbocycles. The van der Waals surface area contributed by atoms with Crippen LogP contribution in [0.15, 0.2) is 65.6 Å². The van der Waals surface area contributed by atoms with Crippen LogP contribution < -0.4 is 14.2 Å². The van der Waals surface area contributed by atoms with E-state index in [0.717, 1.165) is 5.56 Å². The third kappa shape index (κ3) is 9.38. The van der Waals surface area contributed by atoms with Gasteiger partial charge in [0.2, 0.25) is 10.0 Å². The highest BCUT2D eigenvalue weighted by Gasteiger charge is 2.43. The average molecular weight is 734 g/mol. The van der Waals surface area contributed by atoms with Crippen molar-refractivity contribution in [2.75, 3.05) is 27.4 Å². The van der Waals surface area contributed by atoms with E-state index in [2.05, 4.69) is 0 Å². The van der Waals surface area contributed by atoms with E-state index in [1.807, 2.05) is 0 Å². The number of halogens is 6. The SMILES string of the molecule is COc1ccc(CC[C@@H](OC(=O)[C@@H]2CCCCN2S(=O)(=O)c2cc(C(F)(F)F)cc(C(F)(F)F)c2)c2cccc(OCC(=O)O)c2)cc1OC. The topological polar surface area (TPSA) is 129 Å². The van der Waals surface area contributed by atoms with E-state index in [1.54, 1.807) is 24.3 Å². The number of carboxylic acids is 1. The van der Waals surface area contributed by atoms with Crippen LogP contribution in [0.25, 0.3) is 0 Å². The third-order valence-electron chi connectivity index (χ3n) is 7.89. The first-order chi connectivity index (χ1) is 23.4. The molecule has 1 saturated heterocycles. The maximum atomic E-state index is 13.8. The van der Waals surface area contributed by atoms with Crippen molar-refractivity contribution >= 4 is 22.0 Å². The van der Waals surface area contributed by atoms with E-state index in [0.29, 0.717) is 27.8 Å². The quantitative estimate of drug-likeness (QED) is 0.151. The number of esters is 1. The van der Waals surface area contributed by atoms with Gasteiger partial charge < -0.3 is 24.1 Å². The molecule has 2 atom stereocenters. The summed E-state index contributed by atoms with van der Waals surface area (Å²) in [5, 5.41) is 9.01. The Morgan fingerprint density at radius 1 is 0.900 bits per heavy atom. The van der Waals surface area contributed by atoms with Crippen LogP contribution in [0.2, 0.25) is 0 Å². The first kappa shape index (κ1) is 38.3. The molecule has 1 fully saturated rings. The second kappa shape index (κ2) is 15.6. The molecule has 0 bridgehead atoms. The van der Waals surface area contributed by atoms with E-state index >= 15 is 0 Å². The van der Waals surface area contributed by atoms with Crippen LogP contribution in [0.3, 0.4) is 0 Å². The molecule has 4 rings (SSSR count). The number of hydrogen-bond donors (Lipinski definition) is 1. The molecule has 0 unspecified atom stereocenters. The molecule has 1 N–H and O–H groups in total. The summed E-state index contributed by atoms with van der Waals surface area (Å²) in [6.45, 7) is -1.03. The van der Waals surface area contributed by atoms with Crippen LogP contribution in [0, 0.1) is 0 Å². The van der Waals surface area contributed by atoms with E-state index < -0.39 is 69.1 Å². The number of aryl methyl sites for hydroxylation is 1. The van der Waals surface area contributed by atoms with Gasteiger partial charge in [0.15, 0.2) is 18.1 Å². The van der Waals surface area contributed by atoms with E-state index in [1.165, 1.54) is 32.4 Å². The fourth-order valence-corrected chi connectivity index (χ4v) is 7.15. The van der Waals surface area contributed by atoms with Gasteiger partial charge in [-0.15, -0.1) is 0 Å². The van der Waals surface area contributed by atoms with Crippen molar-refractivity contribution in [3.63, 3.8) is 0 Å². The van der Waals surface area contributed by atoms with Gasteiger partial charge in [0.05, 0.1) is 30.2 Å². The lowest BCUT2D eigenvalue weighted by Crippen LogP contribution is -2.48.